The number of aliphatic imine (C=N–C) groups is 1. The first kappa shape index (κ1) is 28.9. The highest BCUT2D eigenvalue weighted by atomic mass is 32.1. The summed E-state index contributed by atoms with van der Waals surface area (Å²) in [6, 6.07) is 24.1. The van der Waals surface area contributed by atoms with E-state index in [2.05, 4.69) is 124 Å². The SMILES string of the molecule is C.CC(C)(C)c1ccc(-c2nccc3sccc23)cc1.CC(C)(C)c1ccc(C2=NCCc3sccc32)cc1. The second kappa shape index (κ2) is 11.6. The summed E-state index contributed by atoms with van der Waals surface area (Å²) in [4.78, 5) is 10.8. The van der Waals surface area contributed by atoms with Gasteiger partial charge in [0.1, 0.15) is 0 Å². The van der Waals surface area contributed by atoms with Gasteiger partial charge in [-0.15, -0.1) is 22.7 Å². The van der Waals surface area contributed by atoms with Crippen molar-refractivity contribution in [2.24, 2.45) is 4.99 Å². The second-order valence-corrected chi connectivity index (χ2v) is 13.8. The maximum absolute atomic E-state index is 4.73. The van der Waals surface area contributed by atoms with Crippen LogP contribution in [0.1, 0.15) is 76.1 Å². The third-order valence-electron chi connectivity index (χ3n) is 7.04. The van der Waals surface area contributed by atoms with Crippen LogP contribution in [0.25, 0.3) is 21.3 Å². The van der Waals surface area contributed by atoms with Crippen LogP contribution in [0, 0.1) is 0 Å². The number of rotatable bonds is 2. The van der Waals surface area contributed by atoms with Gasteiger partial charge in [0.15, 0.2) is 0 Å². The first-order valence-electron chi connectivity index (χ1n) is 13.3. The van der Waals surface area contributed by atoms with Gasteiger partial charge in [-0.2, -0.15) is 0 Å². The van der Waals surface area contributed by atoms with Gasteiger partial charge in [0.05, 0.1) is 11.4 Å². The number of aromatic nitrogens is 1. The van der Waals surface area contributed by atoms with Crippen LogP contribution in [-0.4, -0.2) is 17.2 Å². The lowest BCUT2D eigenvalue weighted by Gasteiger charge is -2.20. The number of hydrogen-bond donors (Lipinski definition) is 0. The highest BCUT2D eigenvalue weighted by Crippen LogP contribution is 2.31. The van der Waals surface area contributed by atoms with Gasteiger partial charge >= 0.3 is 0 Å². The average molecular weight is 553 g/mol. The van der Waals surface area contributed by atoms with Gasteiger partial charge in [-0.3, -0.25) is 9.98 Å². The molecule has 0 unspecified atom stereocenters. The normalized spacial score (nSPS) is 13.1. The summed E-state index contributed by atoms with van der Waals surface area (Å²) in [6.45, 7) is 14.4. The number of fused-ring (bicyclic) bond motifs is 2. The molecule has 1 aliphatic rings. The third kappa shape index (κ3) is 6.40. The molecule has 5 aromatic rings. The smallest absolute Gasteiger partial charge is 0.0788 e. The Labute approximate surface area is 242 Å². The van der Waals surface area contributed by atoms with E-state index in [1.165, 1.54) is 48.5 Å². The molecule has 4 heteroatoms. The monoisotopic (exact) mass is 552 g/mol. The van der Waals surface area contributed by atoms with Crippen LogP contribution in [0.3, 0.4) is 0 Å². The fourth-order valence-electron chi connectivity index (χ4n) is 4.73. The van der Waals surface area contributed by atoms with E-state index in [0.717, 1.165) is 18.7 Å². The molecule has 0 atom stereocenters. The number of hydrogen-bond acceptors (Lipinski definition) is 4. The van der Waals surface area contributed by atoms with Crippen LogP contribution < -0.4 is 0 Å². The van der Waals surface area contributed by atoms with Gasteiger partial charge in [-0.05, 0) is 50.9 Å². The molecule has 0 fully saturated rings. The van der Waals surface area contributed by atoms with Crippen molar-refractivity contribution in [1.82, 2.24) is 4.98 Å². The number of nitrogens with zero attached hydrogens (tertiary/aromatic N) is 2. The van der Waals surface area contributed by atoms with Gasteiger partial charge in [-0.1, -0.05) is 97.5 Å². The van der Waals surface area contributed by atoms with Crippen LogP contribution in [0.4, 0.5) is 0 Å². The van der Waals surface area contributed by atoms with E-state index >= 15 is 0 Å². The van der Waals surface area contributed by atoms with Gasteiger partial charge in [0, 0.05) is 50.8 Å². The zero-order chi connectivity index (χ0) is 26.9. The van der Waals surface area contributed by atoms with E-state index in [9.17, 15) is 0 Å². The van der Waals surface area contributed by atoms with Gasteiger partial charge in [0.2, 0.25) is 0 Å². The maximum Gasteiger partial charge on any atom is 0.0788 e. The van der Waals surface area contributed by atoms with Crippen molar-refractivity contribution < 1.29 is 0 Å². The third-order valence-corrected chi connectivity index (χ3v) is 8.90. The van der Waals surface area contributed by atoms with Crippen molar-refractivity contribution >= 4 is 38.5 Å². The molecule has 39 heavy (non-hydrogen) atoms. The first-order valence-corrected chi connectivity index (χ1v) is 15.0. The summed E-state index contributed by atoms with van der Waals surface area (Å²) in [5.74, 6) is 0. The Kier molecular flexibility index (Phi) is 8.58. The second-order valence-electron chi connectivity index (χ2n) is 11.9. The molecule has 0 saturated heterocycles. The molecule has 0 amide bonds. The van der Waals surface area contributed by atoms with Gasteiger partial charge in [0.25, 0.3) is 0 Å². The summed E-state index contributed by atoms with van der Waals surface area (Å²) in [5, 5.41) is 5.55. The summed E-state index contributed by atoms with van der Waals surface area (Å²) in [6.07, 6.45) is 2.99. The summed E-state index contributed by atoms with van der Waals surface area (Å²) < 4.78 is 1.30. The molecule has 4 heterocycles. The molecular weight excluding hydrogens is 513 g/mol. The molecule has 0 aliphatic carbocycles. The molecule has 0 radical (unpaired) electrons. The summed E-state index contributed by atoms with van der Waals surface area (Å²) in [7, 11) is 0. The lowest BCUT2D eigenvalue weighted by molar-refractivity contribution is 0.590. The van der Waals surface area contributed by atoms with E-state index in [-0.39, 0.29) is 18.3 Å². The van der Waals surface area contributed by atoms with Crippen molar-refractivity contribution in [3.63, 3.8) is 0 Å². The average Bonchev–Trinajstić information content (AvgIpc) is 3.58. The molecule has 2 nitrogen and oxygen atoms in total. The van der Waals surface area contributed by atoms with Crippen molar-refractivity contribution in [3.05, 3.63) is 111 Å². The topological polar surface area (TPSA) is 25.2 Å². The quantitative estimate of drug-likeness (QED) is 0.214. The Morgan fingerprint density at radius 2 is 1.26 bits per heavy atom. The molecule has 6 rings (SSSR count). The fraction of sp³-hybridized carbons (Fsp3) is 0.314. The Morgan fingerprint density at radius 3 is 1.87 bits per heavy atom. The van der Waals surface area contributed by atoms with Gasteiger partial charge < -0.3 is 0 Å². The number of pyridine rings is 1. The highest BCUT2D eigenvalue weighted by molar-refractivity contribution is 7.17. The zero-order valence-corrected chi connectivity index (χ0v) is 24.8. The lowest BCUT2D eigenvalue weighted by atomic mass is 9.86. The molecule has 1 aliphatic heterocycles. The standard InChI is InChI=1S/C17H19NS.C17H17NS.CH4/c2*1-17(2,3)13-6-4-12(5-7-13)16-14-9-11-19-15(14)8-10-18-16;/h4-7,9,11H,8,10H2,1-3H3;4-11H,1-3H3;1H4. The Morgan fingerprint density at radius 1 is 0.667 bits per heavy atom. The largest absolute Gasteiger partial charge is 0.284 e. The van der Waals surface area contributed by atoms with Crippen LogP contribution in [0.2, 0.25) is 0 Å². The number of benzene rings is 2. The molecule has 202 valence electrons. The van der Waals surface area contributed by atoms with E-state index in [1.54, 1.807) is 11.3 Å². The van der Waals surface area contributed by atoms with Crippen molar-refractivity contribution in [2.45, 2.75) is 66.2 Å². The fourth-order valence-corrected chi connectivity index (χ4v) is 6.38. The minimum absolute atomic E-state index is 0. The van der Waals surface area contributed by atoms with Crippen molar-refractivity contribution in [2.75, 3.05) is 6.54 Å². The zero-order valence-electron chi connectivity index (χ0n) is 23.2. The van der Waals surface area contributed by atoms with Crippen LogP contribution in [0.5, 0.6) is 0 Å². The molecule has 2 aromatic carbocycles. The van der Waals surface area contributed by atoms with E-state index in [1.807, 2.05) is 17.5 Å². The predicted molar refractivity (Wildman–Crippen MR) is 174 cm³/mol. The van der Waals surface area contributed by atoms with Crippen molar-refractivity contribution in [3.8, 4) is 11.3 Å². The predicted octanol–water partition coefficient (Wildman–Crippen LogP) is 10.3. The molecular formula is C35H40N2S2. The minimum atomic E-state index is 0. The lowest BCUT2D eigenvalue weighted by Crippen LogP contribution is -2.14. The van der Waals surface area contributed by atoms with E-state index < -0.39 is 0 Å². The van der Waals surface area contributed by atoms with E-state index in [0.29, 0.717) is 0 Å². The van der Waals surface area contributed by atoms with Crippen molar-refractivity contribution in [1.29, 1.82) is 0 Å². The number of thiophene rings is 2. The van der Waals surface area contributed by atoms with Crippen LogP contribution in [-0.2, 0) is 17.3 Å². The summed E-state index contributed by atoms with van der Waals surface area (Å²) in [5.41, 5.74) is 9.15. The van der Waals surface area contributed by atoms with Crippen LogP contribution >= 0.6 is 22.7 Å². The molecule has 0 saturated carbocycles. The maximum atomic E-state index is 4.73. The van der Waals surface area contributed by atoms with E-state index in [4.69, 9.17) is 4.99 Å². The Balaban J connectivity index is 0.000000176. The molecule has 0 spiro atoms. The molecule has 0 N–H and O–H groups in total. The van der Waals surface area contributed by atoms with Gasteiger partial charge in [-0.25, -0.2) is 0 Å². The molecule has 3 aromatic heterocycles. The summed E-state index contributed by atoms with van der Waals surface area (Å²) >= 11 is 3.61. The van der Waals surface area contributed by atoms with Crippen LogP contribution in [0.15, 0.2) is 88.7 Å². The Bertz CT molecular complexity index is 1550. The minimum Gasteiger partial charge on any atom is -0.284 e. The first-order chi connectivity index (χ1) is 18.1. The Hall–Kier alpha value is -3.08. The molecule has 0 bridgehead atoms. The highest BCUT2D eigenvalue weighted by Gasteiger charge is 2.18.